The average molecular weight is 222 g/mol. The maximum atomic E-state index is 11.5. The molecule has 4 saturated carbocycles. The van der Waals surface area contributed by atoms with Crippen molar-refractivity contribution >= 4 is 11.8 Å². The summed E-state index contributed by atoms with van der Waals surface area (Å²) < 4.78 is 5.52. The molecule has 0 saturated heterocycles. The van der Waals surface area contributed by atoms with E-state index in [1.165, 1.54) is 26.2 Å². The Kier molecular flexibility index (Phi) is 2.13. The predicted molar refractivity (Wildman–Crippen MR) is 57.7 cm³/mol. The van der Waals surface area contributed by atoms with E-state index in [0.29, 0.717) is 0 Å². The standard InChI is InChI=1S/C13H18O3/c1-8(14)12(15)16-13-5-9-2-10(6-13)4-11(3-9)7-13/h9-11H,2-7H2,1H3. The van der Waals surface area contributed by atoms with E-state index in [1.54, 1.807) is 0 Å². The molecule has 4 bridgehead atoms. The fourth-order valence-electron chi connectivity index (χ4n) is 4.42. The van der Waals surface area contributed by atoms with Gasteiger partial charge in [0.1, 0.15) is 5.60 Å². The van der Waals surface area contributed by atoms with E-state index in [-0.39, 0.29) is 5.60 Å². The molecule has 0 amide bonds. The van der Waals surface area contributed by atoms with Gasteiger partial charge in [-0.25, -0.2) is 4.79 Å². The van der Waals surface area contributed by atoms with Crippen molar-refractivity contribution in [2.45, 2.75) is 51.0 Å². The summed E-state index contributed by atoms with van der Waals surface area (Å²) in [7, 11) is 0. The molecule has 4 fully saturated rings. The molecule has 88 valence electrons. The monoisotopic (exact) mass is 222 g/mol. The van der Waals surface area contributed by atoms with Crippen molar-refractivity contribution in [3.05, 3.63) is 0 Å². The van der Waals surface area contributed by atoms with Crippen LogP contribution in [0.15, 0.2) is 0 Å². The second-order valence-corrected chi connectivity index (χ2v) is 6.05. The predicted octanol–water partition coefficient (Wildman–Crippen LogP) is 2.09. The number of hydrogen-bond acceptors (Lipinski definition) is 3. The van der Waals surface area contributed by atoms with Gasteiger partial charge in [0.15, 0.2) is 0 Å². The molecule has 0 unspecified atom stereocenters. The molecular weight excluding hydrogens is 204 g/mol. The molecule has 4 aliphatic rings. The molecule has 0 aliphatic heterocycles. The molecule has 3 nitrogen and oxygen atoms in total. The number of ether oxygens (including phenoxy) is 1. The highest BCUT2D eigenvalue weighted by Crippen LogP contribution is 2.57. The number of esters is 1. The van der Waals surface area contributed by atoms with Crippen LogP contribution in [-0.2, 0) is 14.3 Å². The largest absolute Gasteiger partial charge is 0.453 e. The second kappa shape index (κ2) is 3.31. The molecule has 16 heavy (non-hydrogen) atoms. The van der Waals surface area contributed by atoms with Crippen molar-refractivity contribution in [1.82, 2.24) is 0 Å². The van der Waals surface area contributed by atoms with Gasteiger partial charge in [-0.3, -0.25) is 4.79 Å². The highest BCUT2D eigenvalue weighted by atomic mass is 16.6. The van der Waals surface area contributed by atoms with Crippen LogP contribution in [0.5, 0.6) is 0 Å². The Morgan fingerprint density at radius 1 is 1.00 bits per heavy atom. The van der Waals surface area contributed by atoms with Crippen molar-refractivity contribution < 1.29 is 14.3 Å². The van der Waals surface area contributed by atoms with Crippen molar-refractivity contribution in [2.75, 3.05) is 0 Å². The van der Waals surface area contributed by atoms with Crippen LogP contribution < -0.4 is 0 Å². The van der Waals surface area contributed by atoms with Crippen LogP contribution in [0, 0.1) is 17.8 Å². The number of carbonyl (C=O) groups is 2. The number of ketones is 1. The summed E-state index contributed by atoms with van der Waals surface area (Å²) in [6, 6.07) is 0. The molecule has 4 aliphatic carbocycles. The molecule has 0 aromatic heterocycles. The van der Waals surface area contributed by atoms with Gasteiger partial charge < -0.3 is 4.74 Å². The van der Waals surface area contributed by atoms with Gasteiger partial charge in [-0.1, -0.05) is 0 Å². The Morgan fingerprint density at radius 2 is 1.44 bits per heavy atom. The molecule has 4 rings (SSSR count). The van der Waals surface area contributed by atoms with Crippen molar-refractivity contribution in [3.63, 3.8) is 0 Å². The van der Waals surface area contributed by atoms with Gasteiger partial charge in [0.25, 0.3) is 0 Å². The fraction of sp³-hybridized carbons (Fsp3) is 0.846. The molecule has 0 N–H and O–H groups in total. The lowest BCUT2D eigenvalue weighted by molar-refractivity contribution is -0.188. The summed E-state index contributed by atoms with van der Waals surface area (Å²) in [4.78, 5) is 22.4. The third-order valence-corrected chi connectivity index (χ3v) is 4.58. The van der Waals surface area contributed by atoms with Crippen LogP contribution in [-0.4, -0.2) is 17.4 Å². The summed E-state index contributed by atoms with van der Waals surface area (Å²) in [6.07, 6.45) is 6.94. The van der Waals surface area contributed by atoms with E-state index < -0.39 is 11.8 Å². The Morgan fingerprint density at radius 3 is 1.81 bits per heavy atom. The number of rotatable bonds is 2. The van der Waals surface area contributed by atoms with Crippen molar-refractivity contribution in [2.24, 2.45) is 17.8 Å². The van der Waals surface area contributed by atoms with Crippen LogP contribution in [0.3, 0.4) is 0 Å². The van der Waals surface area contributed by atoms with Gasteiger partial charge in [0.2, 0.25) is 5.78 Å². The Bertz CT molecular complexity index is 310. The molecular formula is C13H18O3. The molecule has 0 heterocycles. The molecule has 0 atom stereocenters. The quantitative estimate of drug-likeness (QED) is 0.530. The van der Waals surface area contributed by atoms with Gasteiger partial charge in [-0.05, 0) is 56.3 Å². The first kappa shape index (κ1) is 10.3. The minimum absolute atomic E-state index is 0.266. The van der Waals surface area contributed by atoms with Gasteiger partial charge in [-0.2, -0.15) is 0 Å². The summed E-state index contributed by atoms with van der Waals surface area (Å²) in [5.41, 5.74) is -0.266. The molecule has 0 radical (unpaired) electrons. The lowest BCUT2D eigenvalue weighted by Gasteiger charge is -2.55. The maximum Gasteiger partial charge on any atom is 0.374 e. The van der Waals surface area contributed by atoms with Crippen LogP contribution >= 0.6 is 0 Å². The summed E-state index contributed by atoms with van der Waals surface area (Å²) in [5, 5.41) is 0. The zero-order chi connectivity index (χ0) is 11.3. The zero-order valence-electron chi connectivity index (χ0n) is 9.70. The number of hydrogen-bond donors (Lipinski definition) is 0. The lowest BCUT2D eigenvalue weighted by atomic mass is 9.54. The van der Waals surface area contributed by atoms with Crippen molar-refractivity contribution in [3.8, 4) is 0 Å². The smallest absolute Gasteiger partial charge is 0.374 e. The first-order valence-corrected chi connectivity index (χ1v) is 6.30. The topological polar surface area (TPSA) is 43.4 Å². The normalized spacial score (nSPS) is 44.4. The average Bonchev–Trinajstić information content (AvgIpc) is 2.13. The number of carbonyl (C=O) groups excluding carboxylic acids is 2. The minimum atomic E-state index is -0.623. The lowest BCUT2D eigenvalue weighted by Crippen LogP contribution is -2.53. The van der Waals surface area contributed by atoms with Crippen molar-refractivity contribution in [1.29, 1.82) is 0 Å². The van der Waals surface area contributed by atoms with E-state index in [4.69, 9.17) is 4.74 Å². The molecule has 0 spiro atoms. The van der Waals surface area contributed by atoms with Crippen LogP contribution in [0.2, 0.25) is 0 Å². The van der Waals surface area contributed by atoms with E-state index in [9.17, 15) is 9.59 Å². The third kappa shape index (κ3) is 1.57. The Hall–Kier alpha value is -0.860. The Labute approximate surface area is 95.5 Å². The first-order valence-electron chi connectivity index (χ1n) is 6.30. The van der Waals surface area contributed by atoms with E-state index in [1.807, 2.05) is 0 Å². The third-order valence-electron chi connectivity index (χ3n) is 4.58. The van der Waals surface area contributed by atoms with Crippen LogP contribution in [0.4, 0.5) is 0 Å². The highest BCUT2D eigenvalue weighted by Gasteiger charge is 2.53. The summed E-state index contributed by atoms with van der Waals surface area (Å²) in [6.45, 7) is 1.29. The summed E-state index contributed by atoms with van der Waals surface area (Å²) >= 11 is 0. The molecule has 0 aromatic rings. The Balaban J connectivity index is 1.78. The SMILES string of the molecule is CC(=O)C(=O)OC12CC3CC(CC(C3)C1)C2. The van der Waals surface area contributed by atoms with Gasteiger partial charge >= 0.3 is 5.97 Å². The highest BCUT2D eigenvalue weighted by molar-refractivity contribution is 6.32. The van der Waals surface area contributed by atoms with E-state index in [2.05, 4.69) is 0 Å². The van der Waals surface area contributed by atoms with Gasteiger partial charge in [0, 0.05) is 6.92 Å². The first-order chi connectivity index (χ1) is 7.56. The fourth-order valence-corrected chi connectivity index (χ4v) is 4.42. The molecule has 3 heteroatoms. The zero-order valence-corrected chi connectivity index (χ0v) is 9.70. The second-order valence-electron chi connectivity index (χ2n) is 6.05. The molecule has 0 aromatic carbocycles. The van der Waals surface area contributed by atoms with E-state index in [0.717, 1.165) is 37.0 Å². The maximum absolute atomic E-state index is 11.5. The van der Waals surface area contributed by atoms with Gasteiger partial charge in [0.05, 0.1) is 0 Å². The van der Waals surface area contributed by atoms with Crippen LogP contribution in [0.25, 0.3) is 0 Å². The number of Topliss-reactive ketones (excluding diaryl/α,β-unsaturated/α-hetero) is 1. The van der Waals surface area contributed by atoms with Gasteiger partial charge in [-0.15, -0.1) is 0 Å². The van der Waals surface area contributed by atoms with Crippen LogP contribution in [0.1, 0.15) is 45.4 Å². The minimum Gasteiger partial charge on any atom is -0.453 e. The van der Waals surface area contributed by atoms with E-state index >= 15 is 0 Å². The summed E-state index contributed by atoms with van der Waals surface area (Å²) in [5.74, 6) is 1.14.